The molecule has 33 heavy (non-hydrogen) atoms. The Labute approximate surface area is 198 Å². The third-order valence-corrected chi connectivity index (χ3v) is 8.36. The molecule has 2 aliphatic heterocycles. The highest BCUT2D eigenvalue weighted by atomic mass is 35.5. The minimum absolute atomic E-state index is 0.0118. The maximum Gasteiger partial charge on any atom is 0.262 e. The number of fused-ring (bicyclic) bond motifs is 1. The van der Waals surface area contributed by atoms with Gasteiger partial charge in [-0.15, -0.1) is 0 Å². The SMILES string of the molecule is CCN(Cc1ccccc1)C(=O)C1CCN(S(=O)(=O)c2cc3c(cc2Cl)NC(=O)CO3)CC1. The quantitative estimate of drug-likeness (QED) is 0.669. The van der Waals surface area contributed by atoms with Crippen LogP contribution in [-0.4, -0.2) is 55.7 Å². The number of hydrogen-bond donors (Lipinski definition) is 1. The van der Waals surface area contributed by atoms with Crippen molar-refractivity contribution in [1.29, 1.82) is 0 Å². The molecule has 0 spiro atoms. The third-order valence-electron chi connectivity index (χ3n) is 6.00. The van der Waals surface area contributed by atoms with Gasteiger partial charge in [-0.2, -0.15) is 4.31 Å². The van der Waals surface area contributed by atoms with E-state index in [1.165, 1.54) is 16.4 Å². The number of nitrogens with one attached hydrogen (secondary N) is 1. The summed E-state index contributed by atoms with van der Waals surface area (Å²) in [6.07, 6.45) is 0.886. The van der Waals surface area contributed by atoms with Gasteiger partial charge in [-0.05, 0) is 31.4 Å². The number of ether oxygens (including phenoxy) is 1. The van der Waals surface area contributed by atoms with Gasteiger partial charge in [0.15, 0.2) is 6.61 Å². The van der Waals surface area contributed by atoms with Gasteiger partial charge in [0, 0.05) is 38.2 Å². The second kappa shape index (κ2) is 9.70. The molecule has 0 unspecified atom stereocenters. The summed E-state index contributed by atoms with van der Waals surface area (Å²) in [5.41, 5.74) is 1.41. The average Bonchev–Trinajstić information content (AvgIpc) is 2.82. The minimum Gasteiger partial charge on any atom is -0.482 e. The van der Waals surface area contributed by atoms with Gasteiger partial charge in [-0.25, -0.2) is 8.42 Å². The lowest BCUT2D eigenvalue weighted by Gasteiger charge is -2.33. The number of halogens is 1. The lowest BCUT2D eigenvalue weighted by molar-refractivity contribution is -0.137. The number of hydrogen-bond acceptors (Lipinski definition) is 5. The summed E-state index contributed by atoms with van der Waals surface area (Å²) in [5.74, 6) is -0.233. The molecule has 1 N–H and O–H groups in total. The van der Waals surface area contributed by atoms with Crippen molar-refractivity contribution in [2.24, 2.45) is 5.92 Å². The first-order valence-electron chi connectivity index (χ1n) is 10.9. The molecule has 2 aromatic carbocycles. The van der Waals surface area contributed by atoms with E-state index >= 15 is 0 Å². The Balaban J connectivity index is 1.44. The standard InChI is InChI=1S/C23H26ClN3O5S/c1-2-26(14-16-6-4-3-5-7-16)23(29)17-8-10-27(11-9-17)33(30,31)21-13-20-19(12-18(21)24)25-22(28)15-32-20/h3-7,12-13,17H,2,8-11,14-15H2,1H3,(H,25,28). The first-order valence-corrected chi connectivity index (χ1v) is 12.7. The van der Waals surface area contributed by atoms with Crippen molar-refractivity contribution in [3.05, 3.63) is 53.1 Å². The van der Waals surface area contributed by atoms with Crippen LogP contribution in [0.5, 0.6) is 5.75 Å². The molecule has 4 rings (SSSR count). The van der Waals surface area contributed by atoms with Gasteiger partial charge < -0.3 is 15.0 Å². The number of carbonyl (C=O) groups excluding carboxylic acids is 2. The Bertz CT molecular complexity index is 1150. The van der Waals surface area contributed by atoms with Crippen LogP contribution < -0.4 is 10.1 Å². The summed E-state index contributed by atoms with van der Waals surface area (Å²) in [7, 11) is -3.88. The van der Waals surface area contributed by atoms with E-state index in [0.717, 1.165) is 5.56 Å². The lowest BCUT2D eigenvalue weighted by Crippen LogP contribution is -2.44. The van der Waals surface area contributed by atoms with Crippen LogP contribution in [0.15, 0.2) is 47.4 Å². The molecule has 0 bridgehead atoms. The Morgan fingerprint density at radius 2 is 1.91 bits per heavy atom. The molecule has 2 amide bonds. The van der Waals surface area contributed by atoms with Gasteiger partial charge in [-0.3, -0.25) is 9.59 Å². The molecule has 0 radical (unpaired) electrons. The van der Waals surface area contributed by atoms with Crippen LogP contribution in [0, 0.1) is 5.92 Å². The number of nitrogens with zero attached hydrogens (tertiary/aromatic N) is 2. The molecule has 2 aromatic rings. The van der Waals surface area contributed by atoms with E-state index in [9.17, 15) is 18.0 Å². The van der Waals surface area contributed by atoms with Crippen LogP contribution in [0.1, 0.15) is 25.3 Å². The van der Waals surface area contributed by atoms with Gasteiger partial charge in [0.25, 0.3) is 5.91 Å². The number of benzene rings is 2. The monoisotopic (exact) mass is 491 g/mol. The highest BCUT2D eigenvalue weighted by molar-refractivity contribution is 7.89. The molecule has 0 saturated carbocycles. The Kier molecular flexibility index (Phi) is 6.92. The summed E-state index contributed by atoms with van der Waals surface area (Å²) in [5, 5.41) is 2.62. The molecule has 1 fully saturated rings. The van der Waals surface area contributed by atoms with Gasteiger partial charge in [0.2, 0.25) is 15.9 Å². The summed E-state index contributed by atoms with van der Waals surface area (Å²) in [6, 6.07) is 12.5. The topological polar surface area (TPSA) is 96.0 Å². The van der Waals surface area contributed by atoms with E-state index in [0.29, 0.717) is 31.6 Å². The second-order valence-corrected chi connectivity index (χ2v) is 10.4. The lowest BCUT2D eigenvalue weighted by atomic mass is 9.96. The number of carbonyl (C=O) groups is 2. The fraction of sp³-hybridized carbons (Fsp3) is 0.391. The molecule has 2 aliphatic rings. The minimum atomic E-state index is -3.88. The molecule has 10 heteroatoms. The smallest absolute Gasteiger partial charge is 0.262 e. The van der Waals surface area contributed by atoms with Crippen molar-refractivity contribution in [2.75, 3.05) is 31.6 Å². The Morgan fingerprint density at radius 3 is 2.58 bits per heavy atom. The van der Waals surface area contributed by atoms with Crippen molar-refractivity contribution < 1.29 is 22.7 Å². The predicted molar refractivity (Wildman–Crippen MR) is 125 cm³/mol. The van der Waals surface area contributed by atoms with E-state index < -0.39 is 10.0 Å². The van der Waals surface area contributed by atoms with E-state index in [-0.39, 0.29) is 53.1 Å². The van der Waals surface area contributed by atoms with Crippen molar-refractivity contribution in [1.82, 2.24) is 9.21 Å². The largest absolute Gasteiger partial charge is 0.482 e. The van der Waals surface area contributed by atoms with Crippen LogP contribution in [0.2, 0.25) is 5.02 Å². The van der Waals surface area contributed by atoms with E-state index in [2.05, 4.69) is 5.32 Å². The normalized spacial score (nSPS) is 17.1. The van der Waals surface area contributed by atoms with Crippen LogP contribution >= 0.6 is 11.6 Å². The summed E-state index contributed by atoms with van der Waals surface area (Å²) < 4.78 is 33.2. The Hall–Kier alpha value is -2.62. The second-order valence-electron chi connectivity index (χ2n) is 8.13. The summed E-state index contributed by atoms with van der Waals surface area (Å²) in [4.78, 5) is 26.3. The molecule has 0 aliphatic carbocycles. The number of sulfonamides is 1. The van der Waals surface area contributed by atoms with E-state index in [1.807, 2.05) is 42.2 Å². The average molecular weight is 492 g/mol. The summed E-state index contributed by atoms with van der Waals surface area (Å²) >= 11 is 6.26. The maximum atomic E-state index is 13.3. The predicted octanol–water partition coefficient (Wildman–Crippen LogP) is 3.12. The number of piperidine rings is 1. The van der Waals surface area contributed by atoms with Crippen LogP contribution in [-0.2, 0) is 26.2 Å². The molecule has 1 saturated heterocycles. The van der Waals surface area contributed by atoms with Gasteiger partial charge in [-0.1, -0.05) is 41.9 Å². The van der Waals surface area contributed by atoms with Gasteiger partial charge >= 0.3 is 0 Å². The van der Waals surface area contributed by atoms with Gasteiger partial charge in [0.1, 0.15) is 10.6 Å². The molecule has 0 aromatic heterocycles. The van der Waals surface area contributed by atoms with Crippen LogP contribution in [0.4, 0.5) is 5.69 Å². The van der Waals surface area contributed by atoms with Crippen molar-refractivity contribution in [3.63, 3.8) is 0 Å². The van der Waals surface area contributed by atoms with E-state index in [1.54, 1.807) is 0 Å². The molecular formula is C23H26ClN3O5S. The first kappa shape index (κ1) is 23.5. The van der Waals surface area contributed by atoms with Crippen LogP contribution in [0.25, 0.3) is 0 Å². The van der Waals surface area contributed by atoms with Crippen molar-refractivity contribution in [2.45, 2.75) is 31.2 Å². The zero-order chi connectivity index (χ0) is 23.6. The fourth-order valence-electron chi connectivity index (χ4n) is 4.17. The van der Waals surface area contributed by atoms with E-state index in [4.69, 9.17) is 16.3 Å². The zero-order valence-electron chi connectivity index (χ0n) is 18.3. The molecule has 2 heterocycles. The third kappa shape index (κ3) is 5.00. The summed E-state index contributed by atoms with van der Waals surface area (Å²) in [6.45, 7) is 3.35. The van der Waals surface area contributed by atoms with Crippen LogP contribution in [0.3, 0.4) is 0 Å². The maximum absolute atomic E-state index is 13.3. The first-order chi connectivity index (χ1) is 15.8. The molecule has 8 nitrogen and oxygen atoms in total. The highest BCUT2D eigenvalue weighted by Gasteiger charge is 2.35. The number of amides is 2. The zero-order valence-corrected chi connectivity index (χ0v) is 19.9. The number of rotatable bonds is 6. The van der Waals surface area contributed by atoms with Gasteiger partial charge in [0.05, 0.1) is 10.7 Å². The van der Waals surface area contributed by atoms with Crippen molar-refractivity contribution >= 4 is 39.1 Å². The van der Waals surface area contributed by atoms with Crippen molar-refractivity contribution in [3.8, 4) is 5.75 Å². The fourth-order valence-corrected chi connectivity index (χ4v) is 6.16. The molecule has 0 atom stereocenters. The highest BCUT2D eigenvalue weighted by Crippen LogP contribution is 2.37. The molecule has 176 valence electrons. The molecular weight excluding hydrogens is 466 g/mol. The Morgan fingerprint density at radius 1 is 1.21 bits per heavy atom. The number of anilines is 1.